The van der Waals surface area contributed by atoms with Crippen molar-refractivity contribution in [2.24, 2.45) is 0 Å². The van der Waals surface area contributed by atoms with Crippen molar-refractivity contribution in [3.05, 3.63) is 57.1 Å². The molecule has 0 radical (unpaired) electrons. The fourth-order valence-electron chi connectivity index (χ4n) is 2.50. The Morgan fingerprint density at radius 3 is 2.17 bits per heavy atom. The number of hydrogen-bond donors (Lipinski definition) is 3. The summed E-state index contributed by atoms with van der Waals surface area (Å²) in [7, 11) is 0. The van der Waals surface area contributed by atoms with Crippen LogP contribution in [-0.2, 0) is 0 Å². The van der Waals surface area contributed by atoms with Gasteiger partial charge in [0.1, 0.15) is 24.6 Å². The molecule has 1 aromatic carbocycles. The summed E-state index contributed by atoms with van der Waals surface area (Å²) in [6.07, 6.45) is -3.59. The first-order valence-electron chi connectivity index (χ1n) is 10.1. The van der Waals surface area contributed by atoms with Crippen LogP contribution >= 0.6 is 11.8 Å². The van der Waals surface area contributed by atoms with Crippen LogP contribution in [0.15, 0.2) is 51.1 Å². The number of nitrogens with one attached hydrogen (secondary N) is 1. The van der Waals surface area contributed by atoms with E-state index in [9.17, 15) is 31.5 Å². The molecule has 0 spiro atoms. The average molecular weight is 523 g/mol. The van der Waals surface area contributed by atoms with Crippen LogP contribution < -0.4 is 15.9 Å². The number of alkyl halides is 5. The highest BCUT2D eigenvalue weighted by atomic mass is 32.2. The summed E-state index contributed by atoms with van der Waals surface area (Å²) in [4.78, 5) is 31.5. The minimum atomic E-state index is -4.43. The van der Waals surface area contributed by atoms with Crippen LogP contribution in [0.1, 0.15) is 13.3 Å². The number of thioether (sulfide) groups is 1. The Balaban J connectivity index is 0.000000540. The number of H-pyrrole nitrogens is 1. The molecular formula is C21H22F5N3O5S. The maximum atomic E-state index is 13.0. The van der Waals surface area contributed by atoms with Gasteiger partial charge in [0.15, 0.2) is 11.8 Å². The van der Waals surface area contributed by atoms with Gasteiger partial charge in [-0.1, -0.05) is 18.7 Å². The summed E-state index contributed by atoms with van der Waals surface area (Å²) in [6, 6.07) is 8.33. The van der Waals surface area contributed by atoms with Crippen molar-refractivity contribution in [1.82, 2.24) is 14.5 Å². The first-order valence-corrected chi connectivity index (χ1v) is 11.1. The molecule has 0 saturated heterocycles. The number of nitrogens with zero attached hydrogens (tertiary/aromatic N) is 2. The topological polar surface area (TPSA) is 117 Å². The zero-order valence-electron chi connectivity index (χ0n) is 18.3. The van der Waals surface area contributed by atoms with Crippen molar-refractivity contribution in [2.45, 2.75) is 30.6 Å². The molecule has 8 nitrogen and oxygen atoms in total. The van der Waals surface area contributed by atoms with Crippen LogP contribution in [0.3, 0.4) is 0 Å². The Morgan fingerprint density at radius 2 is 1.66 bits per heavy atom. The van der Waals surface area contributed by atoms with E-state index < -0.39 is 31.9 Å². The number of aliphatic hydroxyl groups excluding tert-OH is 2. The molecule has 0 bridgehead atoms. The summed E-state index contributed by atoms with van der Waals surface area (Å²) < 4.78 is 65.7. The van der Waals surface area contributed by atoms with Gasteiger partial charge in [-0.05, 0) is 36.8 Å². The van der Waals surface area contributed by atoms with E-state index in [0.29, 0.717) is 16.6 Å². The maximum absolute atomic E-state index is 13.0. The fourth-order valence-corrected chi connectivity index (χ4v) is 3.36. The second kappa shape index (κ2) is 12.1. The second-order valence-corrected chi connectivity index (χ2v) is 8.10. The Bertz CT molecular complexity index is 1220. The standard InChI is InChI=1S/C18H16F3N3O3S.C3H6F2O2/c1-2-9-28-17-23-15-13(7-8-14(25)22-15)16(26)24(17)11-3-5-12(6-4-11)27-10-18(19,20)21;4-3(5,1-6)2-7/h3-8H,2,9-10H2,1H3,(H,22,25);6-7H,1-2H2. The lowest BCUT2D eigenvalue weighted by Crippen LogP contribution is -2.25. The van der Waals surface area contributed by atoms with Crippen LogP contribution in [0, 0.1) is 0 Å². The zero-order valence-corrected chi connectivity index (χ0v) is 19.1. The molecule has 3 aromatic rings. The largest absolute Gasteiger partial charge is 0.484 e. The van der Waals surface area contributed by atoms with E-state index in [1.54, 1.807) is 0 Å². The molecule has 0 amide bonds. The summed E-state index contributed by atoms with van der Waals surface area (Å²) in [6.45, 7) is -1.99. The smallest absolute Gasteiger partial charge is 0.422 e. The number of hydrogen-bond acceptors (Lipinski definition) is 7. The summed E-state index contributed by atoms with van der Waals surface area (Å²) in [5.74, 6) is -2.57. The highest BCUT2D eigenvalue weighted by Gasteiger charge is 2.28. The number of halogens is 5. The zero-order chi connectivity index (χ0) is 26.2. The van der Waals surface area contributed by atoms with Crippen molar-refractivity contribution < 1.29 is 36.9 Å². The molecular weight excluding hydrogens is 501 g/mol. The van der Waals surface area contributed by atoms with Gasteiger partial charge in [0.25, 0.3) is 11.5 Å². The van der Waals surface area contributed by atoms with Crippen molar-refractivity contribution in [3.63, 3.8) is 0 Å². The van der Waals surface area contributed by atoms with Crippen molar-refractivity contribution in [3.8, 4) is 11.4 Å². The van der Waals surface area contributed by atoms with Gasteiger partial charge >= 0.3 is 6.18 Å². The van der Waals surface area contributed by atoms with Gasteiger partial charge in [-0.2, -0.15) is 13.2 Å². The number of aromatic amines is 1. The minimum absolute atomic E-state index is 0.0370. The number of rotatable bonds is 8. The molecule has 0 unspecified atom stereocenters. The van der Waals surface area contributed by atoms with Gasteiger partial charge in [-0.15, -0.1) is 0 Å². The molecule has 2 aromatic heterocycles. The Labute approximate surface area is 199 Å². The van der Waals surface area contributed by atoms with E-state index in [4.69, 9.17) is 14.9 Å². The number of pyridine rings is 1. The highest BCUT2D eigenvalue weighted by Crippen LogP contribution is 2.23. The molecule has 2 heterocycles. The molecule has 3 rings (SSSR count). The van der Waals surface area contributed by atoms with Crippen LogP contribution in [-0.4, -0.2) is 62.4 Å². The number of ether oxygens (including phenoxy) is 1. The third kappa shape index (κ3) is 8.33. The lowest BCUT2D eigenvalue weighted by atomic mass is 10.3. The third-order valence-electron chi connectivity index (χ3n) is 4.13. The number of benzene rings is 1. The molecule has 0 aliphatic carbocycles. The SMILES string of the molecule is CCCSc1nc2[nH]c(=O)ccc2c(=O)n1-c1ccc(OCC(F)(F)F)cc1.OCC(F)(F)CO. The van der Waals surface area contributed by atoms with E-state index in [-0.39, 0.29) is 27.9 Å². The van der Waals surface area contributed by atoms with Crippen molar-refractivity contribution >= 4 is 22.8 Å². The van der Waals surface area contributed by atoms with Crippen molar-refractivity contribution in [1.29, 1.82) is 0 Å². The van der Waals surface area contributed by atoms with Gasteiger partial charge in [0, 0.05) is 11.8 Å². The summed E-state index contributed by atoms with van der Waals surface area (Å²) in [5, 5.41) is 16.0. The predicted octanol–water partition coefficient (Wildman–Crippen LogP) is 3.12. The van der Waals surface area contributed by atoms with E-state index in [1.807, 2.05) is 6.92 Å². The van der Waals surface area contributed by atoms with Gasteiger partial charge in [0.2, 0.25) is 5.56 Å². The maximum Gasteiger partial charge on any atom is 0.422 e. The number of fused-ring (bicyclic) bond motifs is 1. The molecule has 35 heavy (non-hydrogen) atoms. The first kappa shape index (κ1) is 28.3. The summed E-state index contributed by atoms with van der Waals surface area (Å²) in [5.41, 5.74) is -0.125. The second-order valence-electron chi connectivity index (χ2n) is 7.04. The highest BCUT2D eigenvalue weighted by molar-refractivity contribution is 7.99. The molecule has 0 fully saturated rings. The molecule has 0 aliphatic heterocycles. The molecule has 0 saturated carbocycles. The molecule has 0 aliphatic rings. The van der Waals surface area contributed by atoms with Gasteiger partial charge in [-0.25, -0.2) is 13.8 Å². The normalized spacial score (nSPS) is 11.8. The Hall–Kier alpha value is -2.97. The first-order chi connectivity index (χ1) is 16.4. The van der Waals surface area contributed by atoms with E-state index >= 15 is 0 Å². The monoisotopic (exact) mass is 523 g/mol. The summed E-state index contributed by atoms with van der Waals surface area (Å²) >= 11 is 1.34. The van der Waals surface area contributed by atoms with E-state index in [1.165, 1.54) is 52.7 Å². The molecule has 0 atom stereocenters. The number of aliphatic hydroxyl groups is 2. The predicted molar refractivity (Wildman–Crippen MR) is 120 cm³/mol. The van der Waals surface area contributed by atoms with Crippen LogP contribution in [0.4, 0.5) is 22.0 Å². The van der Waals surface area contributed by atoms with E-state index in [2.05, 4.69) is 9.97 Å². The van der Waals surface area contributed by atoms with Gasteiger partial charge in [0.05, 0.1) is 11.1 Å². The number of aromatic nitrogens is 3. The quantitative estimate of drug-likeness (QED) is 0.236. The third-order valence-corrected chi connectivity index (χ3v) is 5.27. The van der Waals surface area contributed by atoms with E-state index in [0.717, 1.165) is 6.42 Å². The minimum Gasteiger partial charge on any atom is -0.484 e. The van der Waals surface area contributed by atoms with Crippen LogP contribution in [0.2, 0.25) is 0 Å². The fraction of sp³-hybridized carbons (Fsp3) is 0.381. The van der Waals surface area contributed by atoms with Crippen LogP contribution in [0.25, 0.3) is 16.7 Å². The molecule has 14 heteroatoms. The van der Waals surface area contributed by atoms with Gasteiger partial charge < -0.3 is 19.9 Å². The van der Waals surface area contributed by atoms with Crippen molar-refractivity contribution in [2.75, 3.05) is 25.6 Å². The molecule has 3 N–H and O–H groups in total. The Morgan fingerprint density at radius 1 is 1.03 bits per heavy atom. The van der Waals surface area contributed by atoms with Crippen LogP contribution in [0.5, 0.6) is 5.75 Å². The lowest BCUT2D eigenvalue weighted by molar-refractivity contribution is -0.153. The van der Waals surface area contributed by atoms with Gasteiger partial charge in [-0.3, -0.25) is 14.2 Å². The lowest BCUT2D eigenvalue weighted by Gasteiger charge is -2.14. The average Bonchev–Trinajstić information content (AvgIpc) is 2.81. The Kier molecular flexibility index (Phi) is 9.80. The molecule has 192 valence electrons.